The predicted molar refractivity (Wildman–Crippen MR) is 97.6 cm³/mol. The molecule has 0 bridgehead atoms. The van der Waals surface area contributed by atoms with Crippen LogP contribution in [0.4, 0.5) is 5.69 Å². The van der Waals surface area contributed by atoms with Crippen LogP contribution in [0, 0.1) is 17.0 Å². The van der Waals surface area contributed by atoms with Gasteiger partial charge in [0, 0.05) is 17.7 Å². The van der Waals surface area contributed by atoms with Gasteiger partial charge in [-0.3, -0.25) is 14.9 Å². The van der Waals surface area contributed by atoms with Gasteiger partial charge in [0.05, 0.1) is 9.82 Å². The Morgan fingerprint density at radius 2 is 1.77 bits per heavy atom. The number of nitro benzene ring substituents is 1. The van der Waals surface area contributed by atoms with Crippen LogP contribution in [0.25, 0.3) is 0 Å². The average molecular weight is 376 g/mol. The summed E-state index contributed by atoms with van der Waals surface area (Å²) in [4.78, 5) is 22.5. The van der Waals surface area contributed by atoms with E-state index in [0.29, 0.717) is 5.56 Å². The average Bonchev–Trinajstić information content (AvgIpc) is 2.53. The number of hydrogen-bond donors (Lipinski definition) is 1. The van der Waals surface area contributed by atoms with Crippen LogP contribution >= 0.6 is 0 Å². The van der Waals surface area contributed by atoms with E-state index in [4.69, 9.17) is 0 Å². The SMILES string of the molecule is Cc1ccc(C(C)(C)C)cc1S(=O)(=O)NC(=O)c1cccc([N+](=O)[O-])c1. The van der Waals surface area contributed by atoms with Gasteiger partial charge in [-0.1, -0.05) is 39.0 Å². The maximum atomic E-state index is 12.7. The second-order valence-electron chi connectivity index (χ2n) is 6.97. The van der Waals surface area contributed by atoms with E-state index in [1.165, 1.54) is 18.2 Å². The first-order chi connectivity index (χ1) is 11.9. The summed E-state index contributed by atoms with van der Waals surface area (Å²) in [6.07, 6.45) is 0. The normalized spacial score (nSPS) is 11.8. The van der Waals surface area contributed by atoms with Gasteiger partial charge in [0.2, 0.25) is 0 Å². The van der Waals surface area contributed by atoms with Crippen LogP contribution in [-0.4, -0.2) is 19.2 Å². The van der Waals surface area contributed by atoms with Gasteiger partial charge in [-0.2, -0.15) is 0 Å². The Kier molecular flexibility index (Phi) is 5.18. The Morgan fingerprint density at radius 3 is 2.35 bits per heavy atom. The molecule has 0 fully saturated rings. The predicted octanol–water partition coefficient (Wildman–Crippen LogP) is 3.32. The quantitative estimate of drug-likeness (QED) is 0.651. The Bertz CT molecular complexity index is 975. The number of benzene rings is 2. The maximum Gasteiger partial charge on any atom is 0.270 e. The zero-order chi connectivity index (χ0) is 19.7. The second-order valence-corrected chi connectivity index (χ2v) is 8.62. The summed E-state index contributed by atoms with van der Waals surface area (Å²) in [5, 5.41) is 10.8. The van der Waals surface area contributed by atoms with Crippen molar-refractivity contribution < 1.29 is 18.1 Å². The molecule has 0 aromatic heterocycles. The number of aryl methyl sites for hydroxylation is 1. The molecule has 2 rings (SSSR count). The fourth-order valence-electron chi connectivity index (χ4n) is 2.35. The van der Waals surface area contributed by atoms with Gasteiger partial charge < -0.3 is 0 Å². The third-order valence-corrected chi connectivity index (χ3v) is 5.36. The highest BCUT2D eigenvalue weighted by molar-refractivity contribution is 7.90. The first-order valence-corrected chi connectivity index (χ1v) is 9.33. The van der Waals surface area contributed by atoms with Crippen molar-refractivity contribution in [3.05, 3.63) is 69.3 Å². The molecule has 0 aliphatic carbocycles. The van der Waals surface area contributed by atoms with E-state index < -0.39 is 20.9 Å². The van der Waals surface area contributed by atoms with Crippen LogP contribution in [0.15, 0.2) is 47.4 Å². The second kappa shape index (κ2) is 6.87. The van der Waals surface area contributed by atoms with E-state index in [1.807, 2.05) is 31.6 Å². The molecule has 138 valence electrons. The van der Waals surface area contributed by atoms with Gasteiger partial charge in [0.1, 0.15) is 0 Å². The Balaban J connectivity index is 2.39. The minimum Gasteiger partial charge on any atom is -0.268 e. The lowest BCUT2D eigenvalue weighted by Gasteiger charge is -2.20. The van der Waals surface area contributed by atoms with Gasteiger partial charge in [0.15, 0.2) is 0 Å². The lowest BCUT2D eigenvalue weighted by Crippen LogP contribution is -2.31. The van der Waals surface area contributed by atoms with E-state index in [-0.39, 0.29) is 21.6 Å². The molecule has 0 aliphatic heterocycles. The lowest BCUT2D eigenvalue weighted by molar-refractivity contribution is -0.384. The molecule has 8 heteroatoms. The first kappa shape index (κ1) is 19.6. The van der Waals surface area contributed by atoms with Gasteiger partial charge in [-0.15, -0.1) is 0 Å². The van der Waals surface area contributed by atoms with Crippen LogP contribution in [0.1, 0.15) is 42.3 Å². The molecule has 0 saturated carbocycles. The maximum absolute atomic E-state index is 12.7. The van der Waals surface area contributed by atoms with Crippen LogP contribution in [-0.2, 0) is 15.4 Å². The van der Waals surface area contributed by atoms with Crippen LogP contribution in [0.2, 0.25) is 0 Å². The van der Waals surface area contributed by atoms with E-state index >= 15 is 0 Å². The molecule has 1 N–H and O–H groups in total. The molecular weight excluding hydrogens is 356 g/mol. The molecular formula is C18H20N2O5S. The van der Waals surface area contributed by atoms with Crippen LogP contribution in [0.3, 0.4) is 0 Å². The van der Waals surface area contributed by atoms with Crippen molar-refractivity contribution in [1.82, 2.24) is 4.72 Å². The zero-order valence-corrected chi connectivity index (χ0v) is 15.8. The van der Waals surface area contributed by atoms with Gasteiger partial charge >= 0.3 is 0 Å². The van der Waals surface area contributed by atoms with Gasteiger partial charge in [-0.25, -0.2) is 13.1 Å². The standard InChI is InChI=1S/C18H20N2O5S/c1-12-8-9-14(18(2,3)4)11-16(12)26(24,25)19-17(21)13-6-5-7-15(10-13)20(22)23/h5-11H,1-4H3,(H,19,21). The number of amides is 1. The fourth-order valence-corrected chi connectivity index (χ4v) is 3.60. The minimum absolute atomic E-state index is 0.00343. The van der Waals surface area contributed by atoms with Crippen molar-refractivity contribution in [3.63, 3.8) is 0 Å². The minimum atomic E-state index is -4.12. The summed E-state index contributed by atoms with van der Waals surface area (Å²) < 4.78 is 27.3. The van der Waals surface area contributed by atoms with Crippen molar-refractivity contribution in [2.75, 3.05) is 0 Å². The van der Waals surface area contributed by atoms with Crippen molar-refractivity contribution in [2.24, 2.45) is 0 Å². The van der Waals surface area contributed by atoms with E-state index in [1.54, 1.807) is 19.1 Å². The zero-order valence-electron chi connectivity index (χ0n) is 14.9. The molecule has 0 aliphatic rings. The molecule has 0 saturated heterocycles. The molecule has 0 unspecified atom stereocenters. The van der Waals surface area contributed by atoms with Gasteiger partial charge in [0.25, 0.3) is 21.6 Å². The van der Waals surface area contributed by atoms with Crippen molar-refractivity contribution in [1.29, 1.82) is 0 Å². The summed E-state index contributed by atoms with van der Waals surface area (Å²) >= 11 is 0. The summed E-state index contributed by atoms with van der Waals surface area (Å²) in [5.74, 6) is -0.922. The molecule has 26 heavy (non-hydrogen) atoms. The molecule has 1 amide bonds. The third kappa shape index (κ3) is 4.26. The van der Waals surface area contributed by atoms with E-state index in [0.717, 1.165) is 11.6 Å². The topological polar surface area (TPSA) is 106 Å². The van der Waals surface area contributed by atoms with Crippen molar-refractivity contribution in [2.45, 2.75) is 38.0 Å². The fraction of sp³-hybridized carbons (Fsp3) is 0.278. The molecule has 0 radical (unpaired) electrons. The summed E-state index contributed by atoms with van der Waals surface area (Å²) in [6.45, 7) is 7.50. The Hall–Kier alpha value is -2.74. The number of nitro groups is 1. The third-order valence-electron chi connectivity index (χ3n) is 3.89. The highest BCUT2D eigenvalue weighted by atomic mass is 32.2. The molecule has 0 spiro atoms. The number of non-ortho nitro benzene ring substituents is 1. The molecule has 2 aromatic rings. The van der Waals surface area contributed by atoms with Gasteiger partial charge in [-0.05, 0) is 35.6 Å². The molecule has 7 nitrogen and oxygen atoms in total. The van der Waals surface area contributed by atoms with Crippen LogP contribution < -0.4 is 4.72 Å². The van der Waals surface area contributed by atoms with Crippen molar-refractivity contribution in [3.8, 4) is 0 Å². The number of carbonyl (C=O) groups is 1. The molecule has 2 aromatic carbocycles. The number of nitrogens with one attached hydrogen (secondary N) is 1. The largest absolute Gasteiger partial charge is 0.270 e. The molecule has 0 heterocycles. The van der Waals surface area contributed by atoms with E-state index in [9.17, 15) is 23.3 Å². The smallest absolute Gasteiger partial charge is 0.268 e. The molecule has 0 atom stereocenters. The summed E-state index contributed by atoms with van der Waals surface area (Å²) in [7, 11) is -4.12. The van der Waals surface area contributed by atoms with Crippen molar-refractivity contribution >= 4 is 21.6 Å². The highest BCUT2D eigenvalue weighted by Crippen LogP contribution is 2.26. The summed E-state index contributed by atoms with van der Waals surface area (Å²) in [5.41, 5.74) is 0.652. The highest BCUT2D eigenvalue weighted by Gasteiger charge is 2.24. The lowest BCUT2D eigenvalue weighted by atomic mass is 9.87. The summed E-state index contributed by atoms with van der Waals surface area (Å²) in [6, 6.07) is 9.97. The van der Waals surface area contributed by atoms with E-state index in [2.05, 4.69) is 0 Å². The number of sulfonamides is 1. The number of nitrogens with zero attached hydrogens (tertiary/aromatic N) is 1. The Morgan fingerprint density at radius 1 is 1.12 bits per heavy atom. The first-order valence-electron chi connectivity index (χ1n) is 7.84. The van der Waals surface area contributed by atoms with Crippen LogP contribution in [0.5, 0.6) is 0 Å². The monoisotopic (exact) mass is 376 g/mol. The number of hydrogen-bond acceptors (Lipinski definition) is 5. The Labute approximate surface area is 152 Å². The number of carbonyl (C=O) groups excluding carboxylic acids is 1. The number of rotatable bonds is 4.